The third-order valence-electron chi connectivity index (χ3n) is 3.59. The average molecular weight is 262 g/mol. The Kier molecular flexibility index (Phi) is 3.80. The van der Waals surface area contributed by atoms with Crippen LogP contribution in [0.2, 0.25) is 0 Å². The van der Waals surface area contributed by atoms with Gasteiger partial charge in [0.15, 0.2) is 6.61 Å². The predicted octanol–water partition coefficient (Wildman–Crippen LogP) is 2.54. The molecule has 104 valence electrons. The molecule has 1 heterocycles. The van der Waals surface area contributed by atoms with Gasteiger partial charge in [-0.2, -0.15) is 0 Å². The fraction of sp³-hybridized carbons (Fsp3) is 0.533. The molecule has 0 radical (unpaired) electrons. The summed E-state index contributed by atoms with van der Waals surface area (Å²) < 4.78 is 5.34. The van der Waals surface area contributed by atoms with Gasteiger partial charge in [0, 0.05) is 12.6 Å². The van der Waals surface area contributed by atoms with E-state index in [4.69, 9.17) is 4.74 Å². The monoisotopic (exact) mass is 262 g/mol. The van der Waals surface area contributed by atoms with Crippen LogP contribution >= 0.6 is 0 Å². The highest BCUT2D eigenvalue weighted by molar-refractivity contribution is 5.95. The number of anilines is 1. The van der Waals surface area contributed by atoms with Crippen LogP contribution in [0.25, 0.3) is 0 Å². The van der Waals surface area contributed by atoms with Gasteiger partial charge < -0.3 is 15.4 Å². The van der Waals surface area contributed by atoms with E-state index in [9.17, 15) is 4.79 Å². The molecule has 1 atom stereocenters. The zero-order chi connectivity index (χ0) is 14.0. The summed E-state index contributed by atoms with van der Waals surface area (Å²) in [5.41, 5.74) is 2.13. The van der Waals surface area contributed by atoms with Gasteiger partial charge in [-0.1, -0.05) is 26.8 Å². The molecule has 1 unspecified atom stereocenters. The molecule has 1 aromatic carbocycles. The van der Waals surface area contributed by atoms with Crippen LogP contribution in [-0.2, 0) is 11.3 Å². The molecule has 1 amide bonds. The van der Waals surface area contributed by atoms with Gasteiger partial charge in [0.2, 0.25) is 0 Å². The number of amides is 1. The Labute approximate surface area is 114 Å². The maximum atomic E-state index is 11.3. The largest absolute Gasteiger partial charge is 0.482 e. The number of carbonyl (C=O) groups is 1. The molecule has 0 saturated heterocycles. The molecule has 2 rings (SSSR count). The van der Waals surface area contributed by atoms with Crippen molar-refractivity contribution in [1.82, 2.24) is 5.32 Å². The number of carbonyl (C=O) groups excluding carboxylic acids is 1. The van der Waals surface area contributed by atoms with Gasteiger partial charge in [-0.25, -0.2) is 0 Å². The highest BCUT2D eigenvalue weighted by Crippen LogP contribution is 2.28. The van der Waals surface area contributed by atoms with Crippen molar-refractivity contribution in [3.63, 3.8) is 0 Å². The Balaban J connectivity index is 2.02. The number of hydrogen-bond acceptors (Lipinski definition) is 3. The Morgan fingerprint density at radius 2 is 2.16 bits per heavy atom. The smallest absolute Gasteiger partial charge is 0.262 e. The van der Waals surface area contributed by atoms with Crippen molar-refractivity contribution in [2.24, 2.45) is 5.41 Å². The molecule has 0 spiro atoms. The minimum Gasteiger partial charge on any atom is -0.482 e. The van der Waals surface area contributed by atoms with Crippen LogP contribution in [0.5, 0.6) is 5.75 Å². The van der Waals surface area contributed by atoms with E-state index in [1.54, 1.807) is 0 Å². The Morgan fingerprint density at radius 3 is 2.84 bits per heavy atom. The van der Waals surface area contributed by atoms with Crippen molar-refractivity contribution < 1.29 is 9.53 Å². The van der Waals surface area contributed by atoms with Crippen LogP contribution in [0.3, 0.4) is 0 Å². The molecule has 1 aliphatic heterocycles. The van der Waals surface area contributed by atoms with Gasteiger partial charge in [-0.15, -0.1) is 0 Å². The van der Waals surface area contributed by atoms with Crippen molar-refractivity contribution in [3.8, 4) is 5.75 Å². The Hall–Kier alpha value is -1.55. The lowest BCUT2D eigenvalue weighted by Crippen LogP contribution is -2.37. The van der Waals surface area contributed by atoms with Gasteiger partial charge in [-0.3, -0.25) is 4.79 Å². The van der Waals surface area contributed by atoms with E-state index in [-0.39, 0.29) is 17.9 Å². The topological polar surface area (TPSA) is 50.4 Å². The number of fused-ring (bicyclic) bond motifs is 1. The molecule has 4 nitrogen and oxygen atoms in total. The third-order valence-corrected chi connectivity index (χ3v) is 3.59. The first-order valence-corrected chi connectivity index (χ1v) is 6.65. The normalized spacial score (nSPS) is 16.3. The molecule has 19 heavy (non-hydrogen) atoms. The molecule has 0 fully saturated rings. The summed E-state index contributed by atoms with van der Waals surface area (Å²) in [6.07, 6.45) is 0. The van der Waals surface area contributed by atoms with E-state index < -0.39 is 0 Å². The molecular formula is C15H22N2O2. The summed E-state index contributed by atoms with van der Waals surface area (Å²) >= 11 is 0. The number of hydrogen-bond donors (Lipinski definition) is 2. The highest BCUT2D eigenvalue weighted by Gasteiger charge is 2.20. The summed E-state index contributed by atoms with van der Waals surface area (Å²) in [5, 5.41) is 6.33. The lowest BCUT2D eigenvalue weighted by atomic mass is 9.88. The molecule has 1 aromatic rings. The quantitative estimate of drug-likeness (QED) is 0.880. The molecule has 0 aromatic heterocycles. The van der Waals surface area contributed by atoms with Crippen LogP contribution in [0, 0.1) is 5.41 Å². The van der Waals surface area contributed by atoms with Crippen LogP contribution < -0.4 is 15.4 Å². The summed E-state index contributed by atoms with van der Waals surface area (Å²) in [7, 11) is 0. The van der Waals surface area contributed by atoms with Gasteiger partial charge in [0.05, 0.1) is 5.69 Å². The third kappa shape index (κ3) is 3.47. The molecule has 4 heteroatoms. The second-order valence-electron chi connectivity index (χ2n) is 6.14. The van der Waals surface area contributed by atoms with Gasteiger partial charge in [-0.05, 0) is 30.0 Å². The van der Waals surface area contributed by atoms with E-state index >= 15 is 0 Å². The maximum Gasteiger partial charge on any atom is 0.262 e. The second kappa shape index (κ2) is 5.21. The van der Waals surface area contributed by atoms with E-state index in [0.29, 0.717) is 6.04 Å². The summed E-state index contributed by atoms with van der Waals surface area (Å²) in [6.45, 7) is 9.71. The van der Waals surface area contributed by atoms with Crippen molar-refractivity contribution in [2.75, 3.05) is 11.9 Å². The molecule has 0 saturated carbocycles. The van der Waals surface area contributed by atoms with E-state index in [0.717, 1.165) is 23.5 Å². The molecule has 1 aliphatic rings. The minimum atomic E-state index is -0.0966. The van der Waals surface area contributed by atoms with Gasteiger partial charge >= 0.3 is 0 Å². The van der Waals surface area contributed by atoms with Crippen molar-refractivity contribution >= 4 is 11.6 Å². The van der Waals surface area contributed by atoms with E-state index in [1.807, 2.05) is 18.2 Å². The van der Waals surface area contributed by atoms with Gasteiger partial charge in [0.1, 0.15) is 5.75 Å². The molecular weight excluding hydrogens is 240 g/mol. The SMILES string of the molecule is CC(NCc1ccc2c(c1)NC(=O)CO2)C(C)(C)C. The van der Waals surface area contributed by atoms with Crippen LogP contribution in [-0.4, -0.2) is 18.6 Å². The molecule has 2 N–H and O–H groups in total. The summed E-state index contributed by atoms with van der Waals surface area (Å²) in [5.74, 6) is 0.646. The molecule has 0 bridgehead atoms. The zero-order valence-corrected chi connectivity index (χ0v) is 12.0. The first-order chi connectivity index (χ1) is 8.86. The first-order valence-electron chi connectivity index (χ1n) is 6.65. The van der Waals surface area contributed by atoms with Crippen LogP contribution in [0.4, 0.5) is 5.69 Å². The Morgan fingerprint density at radius 1 is 1.42 bits per heavy atom. The lowest BCUT2D eigenvalue weighted by molar-refractivity contribution is -0.118. The minimum absolute atomic E-state index is 0.0966. The average Bonchev–Trinajstić information content (AvgIpc) is 2.34. The van der Waals surface area contributed by atoms with Crippen LogP contribution in [0.1, 0.15) is 33.3 Å². The summed E-state index contributed by atoms with van der Waals surface area (Å²) in [6, 6.07) is 6.32. The van der Waals surface area contributed by atoms with Crippen LogP contribution in [0.15, 0.2) is 18.2 Å². The second-order valence-corrected chi connectivity index (χ2v) is 6.14. The van der Waals surface area contributed by atoms with Gasteiger partial charge in [0.25, 0.3) is 5.91 Å². The highest BCUT2D eigenvalue weighted by atomic mass is 16.5. The standard InChI is InChI=1S/C15H22N2O2/c1-10(15(2,3)4)16-8-11-5-6-13-12(7-11)17-14(18)9-19-13/h5-7,10,16H,8-9H2,1-4H3,(H,17,18). The number of rotatable bonds is 3. The number of ether oxygens (including phenoxy) is 1. The van der Waals surface area contributed by atoms with Crippen molar-refractivity contribution in [2.45, 2.75) is 40.3 Å². The van der Waals surface area contributed by atoms with Crippen molar-refractivity contribution in [3.05, 3.63) is 23.8 Å². The zero-order valence-electron chi connectivity index (χ0n) is 12.0. The predicted molar refractivity (Wildman–Crippen MR) is 76.3 cm³/mol. The molecule has 0 aliphatic carbocycles. The van der Waals surface area contributed by atoms with E-state index in [1.165, 1.54) is 0 Å². The van der Waals surface area contributed by atoms with Crippen molar-refractivity contribution in [1.29, 1.82) is 0 Å². The fourth-order valence-electron chi connectivity index (χ4n) is 1.82. The first kappa shape index (κ1) is 13.9. The Bertz CT molecular complexity index is 478. The maximum absolute atomic E-state index is 11.3. The van der Waals surface area contributed by atoms with E-state index in [2.05, 4.69) is 38.3 Å². The number of nitrogens with one attached hydrogen (secondary N) is 2. The number of benzene rings is 1. The lowest BCUT2D eigenvalue weighted by Gasteiger charge is -2.28. The summed E-state index contributed by atoms with van der Waals surface area (Å²) in [4.78, 5) is 11.3. The fourth-order valence-corrected chi connectivity index (χ4v) is 1.82.